The Morgan fingerprint density at radius 3 is 2.55 bits per heavy atom. The molecule has 0 unspecified atom stereocenters. The van der Waals surface area contributed by atoms with E-state index < -0.39 is 16.1 Å². The molecule has 1 saturated carbocycles. The topological polar surface area (TPSA) is 109 Å². The van der Waals surface area contributed by atoms with E-state index in [4.69, 9.17) is 5.73 Å². The number of nitrogens with zero attached hydrogens (tertiary/aromatic N) is 3. The van der Waals surface area contributed by atoms with E-state index in [2.05, 4.69) is 14.6 Å². The van der Waals surface area contributed by atoms with Crippen LogP contribution in [-0.4, -0.2) is 73.9 Å². The van der Waals surface area contributed by atoms with Crippen molar-refractivity contribution in [1.82, 2.24) is 19.5 Å². The van der Waals surface area contributed by atoms with Gasteiger partial charge in [0.2, 0.25) is 15.9 Å². The van der Waals surface area contributed by atoms with E-state index >= 15 is 0 Å². The Morgan fingerprint density at radius 2 is 1.94 bits per heavy atom. The molecule has 0 spiro atoms. The SMILES string of the molecule is Cc1c(-c2cccnc2)cccc1S(=O)(=O)N[C@@H](CN)C(=O)N1CCN(C2CC2)CC1. The van der Waals surface area contributed by atoms with Gasteiger partial charge in [-0.15, -0.1) is 0 Å². The summed E-state index contributed by atoms with van der Waals surface area (Å²) in [6.07, 6.45) is 5.83. The van der Waals surface area contributed by atoms with Crippen LogP contribution in [0.2, 0.25) is 0 Å². The van der Waals surface area contributed by atoms with E-state index in [0.717, 1.165) is 24.2 Å². The number of hydrogen-bond donors (Lipinski definition) is 2. The van der Waals surface area contributed by atoms with Crippen LogP contribution in [0.25, 0.3) is 11.1 Å². The minimum Gasteiger partial charge on any atom is -0.339 e. The number of carbonyl (C=O) groups excluding carboxylic acids is 1. The molecule has 0 bridgehead atoms. The number of pyridine rings is 1. The van der Waals surface area contributed by atoms with Crippen LogP contribution < -0.4 is 10.5 Å². The minimum atomic E-state index is -3.94. The number of amides is 1. The molecule has 1 aromatic heterocycles. The van der Waals surface area contributed by atoms with Crippen LogP contribution >= 0.6 is 0 Å². The first kappa shape index (κ1) is 21.9. The average Bonchev–Trinajstić information content (AvgIpc) is 3.63. The van der Waals surface area contributed by atoms with Gasteiger partial charge in [-0.2, -0.15) is 4.72 Å². The van der Waals surface area contributed by atoms with Crippen molar-refractivity contribution >= 4 is 15.9 Å². The first-order chi connectivity index (χ1) is 14.9. The number of nitrogens with one attached hydrogen (secondary N) is 1. The molecule has 1 aliphatic carbocycles. The fourth-order valence-electron chi connectivity index (χ4n) is 4.16. The summed E-state index contributed by atoms with van der Waals surface area (Å²) in [7, 11) is -3.94. The lowest BCUT2D eigenvalue weighted by Crippen LogP contribution is -2.57. The van der Waals surface area contributed by atoms with Crippen molar-refractivity contribution in [2.24, 2.45) is 5.73 Å². The smallest absolute Gasteiger partial charge is 0.242 e. The molecular formula is C22H29N5O3S. The van der Waals surface area contributed by atoms with Crippen molar-refractivity contribution in [3.63, 3.8) is 0 Å². The summed E-state index contributed by atoms with van der Waals surface area (Å²) in [5, 5.41) is 0. The second-order valence-electron chi connectivity index (χ2n) is 8.17. The Labute approximate surface area is 183 Å². The standard InChI is InChI=1S/C22H29N5O3S/c1-16-19(17-4-3-9-24-15-17)5-2-6-21(16)31(29,30)25-20(14-23)22(28)27-12-10-26(11-13-27)18-7-8-18/h2-6,9,15,18,20,25H,7-8,10-14,23H2,1H3/t20-/m0/s1. The second kappa shape index (κ2) is 9.04. The summed E-state index contributed by atoms with van der Waals surface area (Å²) in [5.41, 5.74) is 8.03. The highest BCUT2D eigenvalue weighted by molar-refractivity contribution is 7.89. The zero-order chi connectivity index (χ0) is 22.0. The number of hydrogen-bond acceptors (Lipinski definition) is 6. The van der Waals surface area contributed by atoms with E-state index in [-0.39, 0.29) is 17.3 Å². The Bertz CT molecular complexity index is 1030. The number of rotatable bonds is 7. The first-order valence-electron chi connectivity index (χ1n) is 10.7. The van der Waals surface area contributed by atoms with E-state index in [9.17, 15) is 13.2 Å². The Hall–Kier alpha value is -2.33. The number of aromatic nitrogens is 1. The number of benzene rings is 1. The highest BCUT2D eigenvalue weighted by Gasteiger charge is 2.35. The largest absolute Gasteiger partial charge is 0.339 e. The highest BCUT2D eigenvalue weighted by atomic mass is 32.2. The van der Waals surface area contributed by atoms with Gasteiger partial charge in [-0.1, -0.05) is 18.2 Å². The summed E-state index contributed by atoms with van der Waals surface area (Å²) in [4.78, 5) is 21.4. The highest BCUT2D eigenvalue weighted by Crippen LogP contribution is 2.28. The molecule has 8 nitrogen and oxygen atoms in total. The molecule has 166 valence electrons. The molecular weight excluding hydrogens is 414 g/mol. The van der Waals surface area contributed by atoms with Crippen LogP contribution in [-0.2, 0) is 14.8 Å². The van der Waals surface area contributed by atoms with Crippen LogP contribution in [0, 0.1) is 6.92 Å². The molecule has 4 rings (SSSR count). The third kappa shape index (κ3) is 4.79. The van der Waals surface area contributed by atoms with E-state index in [1.807, 2.05) is 12.1 Å². The van der Waals surface area contributed by atoms with Crippen LogP contribution in [0.15, 0.2) is 47.6 Å². The van der Waals surface area contributed by atoms with Crippen molar-refractivity contribution in [3.8, 4) is 11.1 Å². The Kier molecular flexibility index (Phi) is 6.38. The fourth-order valence-corrected chi connectivity index (χ4v) is 5.63. The predicted octanol–water partition coefficient (Wildman–Crippen LogP) is 0.969. The van der Waals surface area contributed by atoms with Gasteiger partial charge in [0.15, 0.2) is 0 Å². The van der Waals surface area contributed by atoms with Crippen molar-refractivity contribution in [2.45, 2.75) is 36.7 Å². The van der Waals surface area contributed by atoms with E-state index in [1.165, 1.54) is 12.8 Å². The molecule has 1 atom stereocenters. The summed E-state index contributed by atoms with van der Waals surface area (Å²) >= 11 is 0. The third-order valence-electron chi connectivity index (χ3n) is 6.07. The van der Waals surface area contributed by atoms with Gasteiger partial charge in [-0.05, 0) is 43.0 Å². The molecule has 2 aliphatic rings. The van der Waals surface area contributed by atoms with Gasteiger partial charge >= 0.3 is 0 Å². The number of piperazine rings is 1. The average molecular weight is 444 g/mol. The first-order valence-corrected chi connectivity index (χ1v) is 12.1. The lowest BCUT2D eigenvalue weighted by molar-refractivity contribution is -0.134. The molecule has 1 aliphatic heterocycles. The monoisotopic (exact) mass is 443 g/mol. The zero-order valence-electron chi connectivity index (χ0n) is 17.7. The zero-order valence-corrected chi connectivity index (χ0v) is 18.5. The molecule has 2 aromatic rings. The maximum absolute atomic E-state index is 13.2. The second-order valence-corrected chi connectivity index (χ2v) is 9.85. The van der Waals surface area contributed by atoms with E-state index in [1.54, 1.807) is 42.4 Å². The number of sulfonamides is 1. The van der Waals surface area contributed by atoms with E-state index in [0.29, 0.717) is 24.7 Å². The molecule has 1 saturated heterocycles. The molecule has 9 heteroatoms. The third-order valence-corrected chi connectivity index (χ3v) is 7.68. The summed E-state index contributed by atoms with van der Waals surface area (Å²) < 4.78 is 28.9. The summed E-state index contributed by atoms with van der Waals surface area (Å²) in [6.45, 7) is 4.51. The van der Waals surface area contributed by atoms with Crippen molar-refractivity contribution in [2.75, 3.05) is 32.7 Å². The van der Waals surface area contributed by atoms with Crippen LogP contribution in [0.3, 0.4) is 0 Å². The van der Waals surface area contributed by atoms with Crippen molar-refractivity contribution in [1.29, 1.82) is 0 Å². The van der Waals surface area contributed by atoms with Crippen LogP contribution in [0.4, 0.5) is 0 Å². The molecule has 31 heavy (non-hydrogen) atoms. The van der Waals surface area contributed by atoms with Crippen LogP contribution in [0.5, 0.6) is 0 Å². The molecule has 3 N–H and O–H groups in total. The number of nitrogens with two attached hydrogens (primary N) is 1. The van der Waals surface area contributed by atoms with Crippen molar-refractivity contribution < 1.29 is 13.2 Å². The summed E-state index contributed by atoms with van der Waals surface area (Å²) in [5.74, 6) is -0.261. The van der Waals surface area contributed by atoms with Gasteiger partial charge in [-0.25, -0.2) is 8.42 Å². The normalized spacial score (nSPS) is 18.7. The van der Waals surface area contributed by atoms with Crippen LogP contribution in [0.1, 0.15) is 18.4 Å². The Balaban J connectivity index is 1.50. The predicted molar refractivity (Wildman–Crippen MR) is 119 cm³/mol. The Morgan fingerprint density at radius 1 is 1.19 bits per heavy atom. The minimum absolute atomic E-state index is 0.0950. The lowest BCUT2D eigenvalue weighted by atomic mass is 10.0. The summed E-state index contributed by atoms with van der Waals surface area (Å²) in [6, 6.07) is 8.46. The maximum atomic E-state index is 13.2. The van der Waals surface area contributed by atoms with Gasteiger partial charge in [0.1, 0.15) is 6.04 Å². The van der Waals surface area contributed by atoms with Gasteiger partial charge in [-0.3, -0.25) is 14.7 Å². The molecule has 1 aromatic carbocycles. The maximum Gasteiger partial charge on any atom is 0.242 e. The molecule has 0 radical (unpaired) electrons. The fraction of sp³-hybridized carbons (Fsp3) is 0.455. The molecule has 1 amide bonds. The van der Waals surface area contributed by atoms with Gasteiger partial charge in [0, 0.05) is 56.7 Å². The van der Waals surface area contributed by atoms with Gasteiger partial charge in [0.05, 0.1) is 4.90 Å². The van der Waals surface area contributed by atoms with Gasteiger partial charge < -0.3 is 10.6 Å². The molecule has 2 heterocycles. The van der Waals surface area contributed by atoms with Crippen molar-refractivity contribution in [3.05, 3.63) is 48.3 Å². The lowest BCUT2D eigenvalue weighted by Gasteiger charge is -2.36. The number of carbonyl (C=O) groups is 1. The quantitative estimate of drug-likeness (QED) is 0.660. The molecule has 2 fully saturated rings. The van der Waals surface area contributed by atoms with Gasteiger partial charge in [0.25, 0.3) is 0 Å².